The quantitative estimate of drug-likeness (QED) is 0.901. The second-order valence-corrected chi connectivity index (χ2v) is 3.74. The van der Waals surface area contributed by atoms with E-state index in [1.165, 1.54) is 13.0 Å². The third kappa shape index (κ3) is 3.94. The van der Waals surface area contributed by atoms with Gasteiger partial charge in [0.05, 0.1) is 17.9 Å². The molecular weight excluding hydrogens is 247 g/mol. The number of anilines is 1. The van der Waals surface area contributed by atoms with Gasteiger partial charge in [-0.05, 0) is 24.6 Å². The van der Waals surface area contributed by atoms with Crippen LogP contribution in [0.15, 0.2) is 18.2 Å². The number of nitrogens with one attached hydrogen (secondary N) is 1. The van der Waals surface area contributed by atoms with Crippen molar-refractivity contribution in [2.24, 2.45) is 0 Å². The molecular formula is C12H14F3NO2. The minimum absolute atomic E-state index is 0.0331. The Balaban J connectivity index is 3.07. The van der Waals surface area contributed by atoms with Gasteiger partial charge in [-0.25, -0.2) is 0 Å². The van der Waals surface area contributed by atoms with Crippen LogP contribution < -0.4 is 10.1 Å². The zero-order valence-electron chi connectivity index (χ0n) is 10.1. The van der Waals surface area contributed by atoms with Crippen LogP contribution >= 0.6 is 0 Å². The lowest BCUT2D eigenvalue weighted by Crippen LogP contribution is -2.11. The number of carbonyl (C=O) groups is 1. The van der Waals surface area contributed by atoms with E-state index in [9.17, 15) is 18.0 Å². The van der Waals surface area contributed by atoms with Gasteiger partial charge in [0.15, 0.2) is 0 Å². The Labute approximate surface area is 103 Å². The fourth-order valence-electron chi connectivity index (χ4n) is 1.33. The predicted octanol–water partition coefficient (Wildman–Crippen LogP) is 3.45. The second-order valence-electron chi connectivity index (χ2n) is 3.74. The van der Waals surface area contributed by atoms with E-state index < -0.39 is 17.6 Å². The van der Waals surface area contributed by atoms with E-state index in [4.69, 9.17) is 4.74 Å². The van der Waals surface area contributed by atoms with E-state index in [1.54, 1.807) is 0 Å². The number of amides is 1. The third-order valence-corrected chi connectivity index (χ3v) is 2.08. The molecule has 0 aliphatic carbocycles. The Hall–Kier alpha value is -1.72. The summed E-state index contributed by atoms with van der Waals surface area (Å²) in [5, 5.41) is 2.33. The maximum Gasteiger partial charge on any atom is 0.416 e. The van der Waals surface area contributed by atoms with E-state index >= 15 is 0 Å². The standard InChI is InChI=1S/C12H14F3NO2/c1-3-6-18-11-5-4-9(12(13,14)15)7-10(11)16-8(2)17/h4-5,7H,3,6H2,1-2H3,(H,16,17). The van der Waals surface area contributed by atoms with E-state index in [-0.39, 0.29) is 11.4 Å². The van der Waals surface area contributed by atoms with Crippen LogP contribution in [0.1, 0.15) is 25.8 Å². The summed E-state index contributed by atoms with van der Waals surface area (Å²) in [6.07, 6.45) is -3.73. The van der Waals surface area contributed by atoms with Crippen molar-refractivity contribution in [3.63, 3.8) is 0 Å². The van der Waals surface area contributed by atoms with Crippen molar-refractivity contribution in [3.05, 3.63) is 23.8 Å². The van der Waals surface area contributed by atoms with Crippen LogP contribution in [0.5, 0.6) is 5.75 Å². The normalized spacial score (nSPS) is 11.2. The van der Waals surface area contributed by atoms with E-state index in [0.717, 1.165) is 18.6 Å². The van der Waals surface area contributed by atoms with Crippen LogP contribution in [-0.2, 0) is 11.0 Å². The minimum Gasteiger partial charge on any atom is -0.491 e. The molecule has 0 unspecified atom stereocenters. The molecule has 3 nitrogen and oxygen atoms in total. The number of hydrogen-bond acceptors (Lipinski definition) is 2. The summed E-state index contributed by atoms with van der Waals surface area (Å²) in [5.41, 5.74) is -0.791. The SMILES string of the molecule is CCCOc1ccc(C(F)(F)F)cc1NC(C)=O. The number of carbonyl (C=O) groups excluding carboxylic acids is 1. The number of hydrogen-bond donors (Lipinski definition) is 1. The van der Waals surface area contributed by atoms with Crippen molar-refractivity contribution in [2.75, 3.05) is 11.9 Å². The monoisotopic (exact) mass is 261 g/mol. The van der Waals surface area contributed by atoms with Gasteiger partial charge in [-0.1, -0.05) is 6.92 Å². The van der Waals surface area contributed by atoms with Crippen LogP contribution in [-0.4, -0.2) is 12.5 Å². The van der Waals surface area contributed by atoms with Crippen molar-refractivity contribution in [1.82, 2.24) is 0 Å². The molecule has 0 aromatic heterocycles. The van der Waals surface area contributed by atoms with Crippen LogP contribution in [0.25, 0.3) is 0 Å². The first-order chi connectivity index (χ1) is 8.34. The van der Waals surface area contributed by atoms with Crippen molar-refractivity contribution in [1.29, 1.82) is 0 Å². The molecule has 0 aliphatic heterocycles. The molecule has 0 radical (unpaired) electrons. The Morgan fingerprint density at radius 3 is 2.56 bits per heavy atom. The Bertz CT molecular complexity index is 430. The zero-order chi connectivity index (χ0) is 13.8. The molecule has 100 valence electrons. The summed E-state index contributed by atoms with van der Waals surface area (Å²) in [6, 6.07) is 3.01. The molecule has 0 spiro atoms. The topological polar surface area (TPSA) is 38.3 Å². The molecule has 1 N–H and O–H groups in total. The van der Waals surface area contributed by atoms with Crippen molar-refractivity contribution < 1.29 is 22.7 Å². The molecule has 0 bridgehead atoms. The van der Waals surface area contributed by atoms with Crippen molar-refractivity contribution >= 4 is 11.6 Å². The van der Waals surface area contributed by atoms with Gasteiger partial charge in [0, 0.05) is 6.92 Å². The summed E-state index contributed by atoms with van der Waals surface area (Å²) in [4.78, 5) is 11.0. The number of halogens is 3. The highest BCUT2D eigenvalue weighted by Crippen LogP contribution is 2.35. The lowest BCUT2D eigenvalue weighted by Gasteiger charge is -2.14. The van der Waals surface area contributed by atoms with E-state index in [2.05, 4.69) is 5.32 Å². The van der Waals surface area contributed by atoms with Crippen LogP contribution in [0.4, 0.5) is 18.9 Å². The lowest BCUT2D eigenvalue weighted by molar-refractivity contribution is -0.137. The molecule has 0 fully saturated rings. The average Bonchev–Trinajstić information content (AvgIpc) is 2.25. The third-order valence-electron chi connectivity index (χ3n) is 2.08. The first-order valence-electron chi connectivity index (χ1n) is 5.46. The van der Waals surface area contributed by atoms with Gasteiger partial charge in [-0.2, -0.15) is 13.2 Å². The van der Waals surface area contributed by atoms with Crippen molar-refractivity contribution in [3.8, 4) is 5.75 Å². The van der Waals surface area contributed by atoms with Gasteiger partial charge in [0.1, 0.15) is 5.75 Å². The number of alkyl halides is 3. The second kappa shape index (κ2) is 5.75. The lowest BCUT2D eigenvalue weighted by atomic mass is 10.1. The van der Waals surface area contributed by atoms with Crippen LogP contribution in [0, 0.1) is 0 Å². The fraction of sp³-hybridized carbons (Fsp3) is 0.417. The number of ether oxygens (including phenoxy) is 1. The largest absolute Gasteiger partial charge is 0.491 e. The molecule has 0 saturated carbocycles. The van der Waals surface area contributed by atoms with Crippen molar-refractivity contribution in [2.45, 2.75) is 26.4 Å². The molecule has 0 heterocycles. The van der Waals surface area contributed by atoms with E-state index in [0.29, 0.717) is 6.61 Å². The highest BCUT2D eigenvalue weighted by atomic mass is 19.4. The highest BCUT2D eigenvalue weighted by molar-refractivity contribution is 5.90. The fourth-order valence-corrected chi connectivity index (χ4v) is 1.33. The molecule has 1 aromatic rings. The van der Waals surface area contributed by atoms with E-state index in [1.807, 2.05) is 6.92 Å². The molecule has 6 heteroatoms. The molecule has 1 amide bonds. The van der Waals surface area contributed by atoms with Gasteiger partial charge in [-0.15, -0.1) is 0 Å². The smallest absolute Gasteiger partial charge is 0.416 e. The average molecular weight is 261 g/mol. The van der Waals surface area contributed by atoms with Gasteiger partial charge >= 0.3 is 6.18 Å². The Morgan fingerprint density at radius 2 is 2.06 bits per heavy atom. The van der Waals surface area contributed by atoms with Crippen LogP contribution in [0.2, 0.25) is 0 Å². The van der Waals surface area contributed by atoms with Gasteiger partial charge in [-0.3, -0.25) is 4.79 Å². The molecule has 0 saturated heterocycles. The Kier molecular flexibility index (Phi) is 4.58. The van der Waals surface area contributed by atoms with Gasteiger partial charge < -0.3 is 10.1 Å². The Morgan fingerprint density at radius 1 is 1.39 bits per heavy atom. The first kappa shape index (κ1) is 14.3. The minimum atomic E-state index is -4.45. The number of rotatable bonds is 4. The molecule has 0 aliphatic rings. The summed E-state index contributed by atoms with van der Waals surface area (Å²) in [6.45, 7) is 3.48. The molecule has 0 atom stereocenters. The number of benzene rings is 1. The zero-order valence-corrected chi connectivity index (χ0v) is 10.1. The predicted molar refractivity (Wildman–Crippen MR) is 61.5 cm³/mol. The van der Waals surface area contributed by atoms with Gasteiger partial charge in [0.2, 0.25) is 5.91 Å². The first-order valence-corrected chi connectivity index (χ1v) is 5.46. The maximum atomic E-state index is 12.5. The molecule has 1 rings (SSSR count). The summed E-state index contributed by atoms with van der Waals surface area (Å²) >= 11 is 0. The van der Waals surface area contributed by atoms with Gasteiger partial charge in [0.25, 0.3) is 0 Å². The summed E-state index contributed by atoms with van der Waals surface area (Å²) < 4.78 is 42.9. The summed E-state index contributed by atoms with van der Waals surface area (Å²) in [5.74, 6) is -0.212. The summed E-state index contributed by atoms with van der Waals surface area (Å²) in [7, 11) is 0. The maximum absolute atomic E-state index is 12.5. The van der Waals surface area contributed by atoms with Crippen LogP contribution in [0.3, 0.4) is 0 Å². The molecule has 18 heavy (non-hydrogen) atoms. The molecule has 1 aromatic carbocycles. The highest BCUT2D eigenvalue weighted by Gasteiger charge is 2.31.